The number of nitrogens with one attached hydrogen (secondary N) is 1. The first kappa shape index (κ1) is 12.0. The first-order valence-electron chi connectivity index (χ1n) is 5.29. The van der Waals surface area contributed by atoms with E-state index in [1.54, 1.807) is 0 Å². The predicted octanol–water partition coefficient (Wildman–Crippen LogP) is 2.21. The third-order valence-electron chi connectivity index (χ3n) is 2.14. The summed E-state index contributed by atoms with van der Waals surface area (Å²) < 4.78 is 5.39. The molecule has 0 spiro atoms. The van der Waals surface area contributed by atoms with Crippen LogP contribution >= 0.6 is 0 Å². The fourth-order valence-electron chi connectivity index (χ4n) is 1.48. The lowest BCUT2D eigenvalue weighted by molar-refractivity contribution is 0.252. The number of benzene rings is 1. The SMILES string of the molecule is CCOc1ccc(C(C)NN(C)C)cc1. The van der Waals surface area contributed by atoms with Gasteiger partial charge in [-0.25, -0.2) is 5.43 Å². The number of hydrogen-bond acceptors (Lipinski definition) is 3. The molecule has 0 saturated carbocycles. The minimum Gasteiger partial charge on any atom is -0.494 e. The fourth-order valence-corrected chi connectivity index (χ4v) is 1.48. The van der Waals surface area contributed by atoms with Crippen molar-refractivity contribution in [3.05, 3.63) is 29.8 Å². The Kier molecular flexibility index (Phi) is 4.59. The smallest absolute Gasteiger partial charge is 0.119 e. The van der Waals surface area contributed by atoms with Crippen LogP contribution in [-0.2, 0) is 0 Å². The van der Waals surface area contributed by atoms with Crippen molar-refractivity contribution < 1.29 is 4.74 Å². The van der Waals surface area contributed by atoms with Crippen LogP contribution in [0.4, 0.5) is 0 Å². The average Bonchev–Trinajstić information content (AvgIpc) is 2.18. The molecular weight excluding hydrogens is 188 g/mol. The molecule has 0 aromatic heterocycles. The van der Waals surface area contributed by atoms with Gasteiger partial charge < -0.3 is 4.74 Å². The van der Waals surface area contributed by atoms with Crippen molar-refractivity contribution >= 4 is 0 Å². The van der Waals surface area contributed by atoms with Gasteiger partial charge in [-0.2, -0.15) is 0 Å². The number of hydrazine groups is 1. The van der Waals surface area contributed by atoms with Crippen molar-refractivity contribution in [3.63, 3.8) is 0 Å². The van der Waals surface area contributed by atoms with Crippen molar-refractivity contribution in [2.24, 2.45) is 0 Å². The molecule has 0 amide bonds. The van der Waals surface area contributed by atoms with Gasteiger partial charge in [0, 0.05) is 20.1 Å². The second kappa shape index (κ2) is 5.73. The third kappa shape index (κ3) is 3.90. The predicted molar refractivity (Wildman–Crippen MR) is 62.8 cm³/mol. The molecule has 15 heavy (non-hydrogen) atoms. The van der Waals surface area contributed by atoms with E-state index >= 15 is 0 Å². The van der Waals surface area contributed by atoms with Gasteiger partial charge in [0.1, 0.15) is 5.75 Å². The second-order valence-corrected chi connectivity index (χ2v) is 3.75. The molecule has 0 fully saturated rings. The van der Waals surface area contributed by atoms with Gasteiger partial charge in [0.15, 0.2) is 0 Å². The molecule has 0 saturated heterocycles. The van der Waals surface area contributed by atoms with E-state index in [2.05, 4.69) is 24.5 Å². The van der Waals surface area contributed by atoms with Gasteiger partial charge in [0.25, 0.3) is 0 Å². The van der Waals surface area contributed by atoms with Crippen LogP contribution in [0.3, 0.4) is 0 Å². The molecule has 0 bridgehead atoms. The van der Waals surface area contributed by atoms with Gasteiger partial charge in [0.2, 0.25) is 0 Å². The highest BCUT2D eigenvalue weighted by molar-refractivity contribution is 5.28. The second-order valence-electron chi connectivity index (χ2n) is 3.75. The lowest BCUT2D eigenvalue weighted by Crippen LogP contribution is -2.32. The van der Waals surface area contributed by atoms with E-state index in [0.717, 1.165) is 5.75 Å². The summed E-state index contributed by atoms with van der Waals surface area (Å²) in [5.74, 6) is 0.929. The lowest BCUT2D eigenvalue weighted by Gasteiger charge is -2.19. The zero-order valence-electron chi connectivity index (χ0n) is 9.95. The van der Waals surface area contributed by atoms with E-state index < -0.39 is 0 Å². The highest BCUT2D eigenvalue weighted by Gasteiger charge is 2.05. The molecule has 84 valence electrons. The molecule has 3 heteroatoms. The van der Waals surface area contributed by atoms with E-state index in [0.29, 0.717) is 12.6 Å². The number of ether oxygens (including phenoxy) is 1. The van der Waals surface area contributed by atoms with Crippen molar-refractivity contribution in [3.8, 4) is 5.75 Å². The Labute approximate surface area is 92.0 Å². The molecular formula is C12H20N2O. The largest absolute Gasteiger partial charge is 0.494 e. The zero-order valence-corrected chi connectivity index (χ0v) is 9.95. The molecule has 0 aliphatic heterocycles. The van der Waals surface area contributed by atoms with Gasteiger partial charge >= 0.3 is 0 Å². The van der Waals surface area contributed by atoms with Crippen molar-refractivity contribution in [1.82, 2.24) is 10.4 Å². The first-order valence-corrected chi connectivity index (χ1v) is 5.29. The normalized spacial score (nSPS) is 12.9. The van der Waals surface area contributed by atoms with E-state index in [9.17, 15) is 0 Å². The van der Waals surface area contributed by atoms with E-state index in [-0.39, 0.29) is 0 Å². The summed E-state index contributed by atoms with van der Waals surface area (Å²) in [6.45, 7) is 4.84. The monoisotopic (exact) mass is 208 g/mol. The fraction of sp³-hybridized carbons (Fsp3) is 0.500. The third-order valence-corrected chi connectivity index (χ3v) is 2.14. The summed E-state index contributed by atoms with van der Waals surface area (Å²) in [4.78, 5) is 0. The van der Waals surface area contributed by atoms with Crippen molar-refractivity contribution in [2.45, 2.75) is 19.9 Å². The molecule has 1 aromatic carbocycles. The quantitative estimate of drug-likeness (QED) is 0.751. The average molecular weight is 208 g/mol. The zero-order chi connectivity index (χ0) is 11.3. The number of rotatable bonds is 5. The Hall–Kier alpha value is -1.06. The minimum atomic E-state index is 0.315. The van der Waals surface area contributed by atoms with E-state index in [1.165, 1.54) is 5.56 Å². The molecule has 0 aliphatic carbocycles. The topological polar surface area (TPSA) is 24.5 Å². The van der Waals surface area contributed by atoms with Crippen molar-refractivity contribution in [2.75, 3.05) is 20.7 Å². The summed E-state index contributed by atoms with van der Waals surface area (Å²) in [5.41, 5.74) is 4.56. The summed E-state index contributed by atoms with van der Waals surface area (Å²) in [6.07, 6.45) is 0. The van der Waals surface area contributed by atoms with Crippen LogP contribution in [0.1, 0.15) is 25.5 Å². The van der Waals surface area contributed by atoms with Gasteiger partial charge in [-0.1, -0.05) is 12.1 Å². The maximum Gasteiger partial charge on any atom is 0.119 e. The summed E-state index contributed by atoms with van der Waals surface area (Å²) in [5, 5.41) is 1.96. The molecule has 1 atom stereocenters. The van der Waals surface area contributed by atoms with Gasteiger partial charge in [0.05, 0.1) is 6.61 Å². The first-order chi connectivity index (χ1) is 7.13. The molecule has 0 aliphatic rings. The van der Waals surface area contributed by atoms with Crippen LogP contribution in [-0.4, -0.2) is 25.7 Å². The van der Waals surface area contributed by atoms with Crippen LogP contribution in [0, 0.1) is 0 Å². The van der Waals surface area contributed by atoms with E-state index in [1.807, 2.05) is 38.2 Å². The Balaban J connectivity index is 2.62. The Bertz CT molecular complexity index is 282. The molecule has 1 aromatic rings. The number of hydrogen-bond donors (Lipinski definition) is 1. The molecule has 3 nitrogen and oxygen atoms in total. The standard InChI is InChI=1S/C12H20N2O/c1-5-15-12-8-6-11(7-9-12)10(2)13-14(3)4/h6-10,13H,5H2,1-4H3. The minimum absolute atomic E-state index is 0.315. The van der Waals surface area contributed by atoms with E-state index in [4.69, 9.17) is 4.74 Å². The molecule has 0 heterocycles. The maximum absolute atomic E-state index is 5.39. The highest BCUT2D eigenvalue weighted by atomic mass is 16.5. The van der Waals surface area contributed by atoms with Gasteiger partial charge in [-0.3, -0.25) is 5.01 Å². The Morgan fingerprint density at radius 3 is 2.33 bits per heavy atom. The number of nitrogens with zero attached hydrogens (tertiary/aromatic N) is 1. The highest BCUT2D eigenvalue weighted by Crippen LogP contribution is 2.17. The summed E-state index contributed by atoms with van der Waals surface area (Å²) in [6, 6.07) is 8.51. The van der Waals surface area contributed by atoms with Crippen LogP contribution in [0.15, 0.2) is 24.3 Å². The summed E-state index contributed by atoms with van der Waals surface area (Å²) >= 11 is 0. The summed E-state index contributed by atoms with van der Waals surface area (Å²) in [7, 11) is 3.98. The van der Waals surface area contributed by atoms with Crippen LogP contribution in [0.2, 0.25) is 0 Å². The van der Waals surface area contributed by atoms with Crippen LogP contribution in [0.25, 0.3) is 0 Å². The maximum atomic E-state index is 5.39. The molecule has 1 rings (SSSR count). The molecule has 1 unspecified atom stereocenters. The molecule has 1 N–H and O–H groups in total. The Morgan fingerprint density at radius 1 is 1.27 bits per heavy atom. The van der Waals surface area contributed by atoms with Gasteiger partial charge in [-0.15, -0.1) is 0 Å². The lowest BCUT2D eigenvalue weighted by atomic mass is 10.1. The molecule has 0 radical (unpaired) electrons. The van der Waals surface area contributed by atoms with Crippen LogP contribution in [0.5, 0.6) is 5.75 Å². The van der Waals surface area contributed by atoms with Crippen molar-refractivity contribution in [1.29, 1.82) is 0 Å². The van der Waals surface area contributed by atoms with Crippen LogP contribution < -0.4 is 10.2 Å². The van der Waals surface area contributed by atoms with Gasteiger partial charge in [-0.05, 0) is 31.5 Å². The Morgan fingerprint density at radius 2 is 1.87 bits per heavy atom.